The average molecular weight is 162 g/mol. The molecule has 0 saturated heterocycles. The van der Waals surface area contributed by atoms with Gasteiger partial charge in [0.1, 0.15) is 10.9 Å². The highest BCUT2D eigenvalue weighted by Crippen LogP contribution is 2.00. The second-order valence-corrected chi connectivity index (χ2v) is 3.20. The summed E-state index contributed by atoms with van der Waals surface area (Å²) in [7, 11) is -1.73. The molecule has 0 aliphatic rings. The SMILES string of the molecule is C=CC(O)S(=O)C(O)C=C. The third-order valence-corrected chi connectivity index (χ3v) is 2.22. The molecule has 2 atom stereocenters. The molecule has 0 amide bonds. The summed E-state index contributed by atoms with van der Waals surface area (Å²) in [6, 6.07) is 0. The van der Waals surface area contributed by atoms with E-state index in [1.807, 2.05) is 0 Å². The highest BCUT2D eigenvalue weighted by atomic mass is 32.2. The summed E-state index contributed by atoms with van der Waals surface area (Å²) in [5, 5.41) is 17.6. The van der Waals surface area contributed by atoms with E-state index in [0.717, 1.165) is 12.2 Å². The molecule has 10 heavy (non-hydrogen) atoms. The van der Waals surface area contributed by atoms with Gasteiger partial charge in [-0.05, 0) is 0 Å². The van der Waals surface area contributed by atoms with Crippen molar-refractivity contribution in [1.82, 2.24) is 0 Å². The topological polar surface area (TPSA) is 57.5 Å². The van der Waals surface area contributed by atoms with Crippen molar-refractivity contribution in [3.05, 3.63) is 25.3 Å². The van der Waals surface area contributed by atoms with Gasteiger partial charge >= 0.3 is 0 Å². The lowest BCUT2D eigenvalue weighted by molar-refractivity contribution is 0.271. The summed E-state index contributed by atoms with van der Waals surface area (Å²) in [6.45, 7) is 6.42. The molecule has 0 radical (unpaired) electrons. The fraction of sp³-hybridized carbons (Fsp3) is 0.333. The second kappa shape index (κ2) is 4.38. The van der Waals surface area contributed by atoms with E-state index in [2.05, 4.69) is 13.2 Å². The number of aliphatic hydroxyl groups excluding tert-OH is 2. The summed E-state index contributed by atoms with van der Waals surface area (Å²) in [5.74, 6) is 0. The zero-order valence-electron chi connectivity index (χ0n) is 5.43. The maximum absolute atomic E-state index is 10.8. The maximum atomic E-state index is 10.8. The van der Waals surface area contributed by atoms with E-state index in [0.29, 0.717) is 0 Å². The third kappa shape index (κ3) is 2.43. The van der Waals surface area contributed by atoms with Gasteiger partial charge in [0, 0.05) is 0 Å². The highest BCUT2D eigenvalue weighted by Gasteiger charge is 2.14. The lowest BCUT2D eigenvalue weighted by atomic mass is 10.7. The molecule has 4 heteroatoms. The van der Waals surface area contributed by atoms with Crippen molar-refractivity contribution in [3.63, 3.8) is 0 Å². The van der Waals surface area contributed by atoms with Gasteiger partial charge in [0.15, 0.2) is 0 Å². The lowest BCUT2D eigenvalue weighted by Crippen LogP contribution is -2.21. The fourth-order valence-corrected chi connectivity index (χ4v) is 0.998. The van der Waals surface area contributed by atoms with Gasteiger partial charge in [-0.1, -0.05) is 25.3 Å². The van der Waals surface area contributed by atoms with Gasteiger partial charge < -0.3 is 10.2 Å². The Morgan fingerprint density at radius 1 is 1.20 bits per heavy atom. The van der Waals surface area contributed by atoms with Gasteiger partial charge in [0.05, 0.1) is 10.8 Å². The van der Waals surface area contributed by atoms with Crippen LogP contribution in [0, 0.1) is 0 Å². The smallest absolute Gasteiger partial charge is 0.150 e. The Morgan fingerprint density at radius 2 is 1.50 bits per heavy atom. The van der Waals surface area contributed by atoms with Gasteiger partial charge in [-0.25, -0.2) is 0 Å². The van der Waals surface area contributed by atoms with Crippen molar-refractivity contribution >= 4 is 10.8 Å². The first-order chi connectivity index (χ1) is 4.63. The Bertz CT molecular complexity index is 139. The van der Waals surface area contributed by atoms with E-state index >= 15 is 0 Å². The molecule has 2 unspecified atom stereocenters. The Morgan fingerprint density at radius 3 is 1.70 bits per heavy atom. The van der Waals surface area contributed by atoms with Crippen LogP contribution in [0.4, 0.5) is 0 Å². The van der Waals surface area contributed by atoms with Gasteiger partial charge in [-0.15, -0.1) is 0 Å². The summed E-state index contributed by atoms with van der Waals surface area (Å²) in [4.78, 5) is 0. The van der Waals surface area contributed by atoms with Crippen molar-refractivity contribution in [2.75, 3.05) is 0 Å². The van der Waals surface area contributed by atoms with E-state index in [-0.39, 0.29) is 0 Å². The van der Waals surface area contributed by atoms with Gasteiger partial charge in [-0.3, -0.25) is 4.21 Å². The summed E-state index contributed by atoms with van der Waals surface area (Å²) >= 11 is 0. The van der Waals surface area contributed by atoms with Crippen molar-refractivity contribution in [3.8, 4) is 0 Å². The fourth-order valence-electron chi connectivity index (χ4n) is 0.333. The van der Waals surface area contributed by atoms with Crippen LogP contribution in [0.2, 0.25) is 0 Å². The molecule has 0 heterocycles. The molecule has 3 nitrogen and oxygen atoms in total. The molecule has 0 saturated carbocycles. The first kappa shape index (κ1) is 9.55. The van der Waals surface area contributed by atoms with E-state index in [1.54, 1.807) is 0 Å². The number of rotatable bonds is 4. The molecule has 0 bridgehead atoms. The van der Waals surface area contributed by atoms with Crippen LogP contribution in [0.1, 0.15) is 0 Å². The van der Waals surface area contributed by atoms with E-state index in [4.69, 9.17) is 10.2 Å². The van der Waals surface area contributed by atoms with Crippen molar-refractivity contribution in [2.24, 2.45) is 0 Å². The van der Waals surface area contributed by atoms with Crippen LogP contribution >= 0.6 is 0 Å². The zero-order chi connectivity index (χ0) is 8.15. The van der Waals surface area contributed by atoms with Crippen molar-refractivity contribution in [2.45, 2.75) is 10.9 Å². The number of hydrogen-bond acceptors (Lipinski definition) is 3. The molecule has 0 aromatic carbocycles. The zero-order valence-corrected chi connectivity index (χ0v) is 6.25. The Hall–Kier alpha value is -0.450. The molecule has 0 rings (SSSR count). The van der Waals surface area contributed by atoms with E-state index in [9.17, 15) is 4.21 Å². The van der Waals surface area contributed by atoms with Gasteiger partial charge in [0.2, 0.25) is 0 Å². The standard InChI is InChI=1S/C6H10O3S/c1-3-5(7)10(9)6(8)4-2/h3-8H,1-2H2. The summed E-state index contributed by atoms with van der Waals surface area (Å²) in [6.07, 6.45) is 2.20. The van der Waals surface area contributed by atoms with Crippen molar-refractivity contribution < 1.29 is 14.4 Å². The largest absolute Gasteiger partial charge is 0.376 e. The normalized spacial score (nSPS) is 19.0. The van der Waals surface area contributed by atoms with Gasteiger partial charge in [-0.2, -0.15) is 0 Å². The lowest BCUT2D eigenvalue weighted by Gasteiger charge is -2.07. The minimum Gasteiger partial charge on any atom is -0.376 e. The average Bonchev–Trinajstić information content (AvgIpc) is 2.00. The summed E-state index contributed by atoms with van der Waals surface area (Å²) in [5.41, 5.74) is -2.37. The minimum absolute atomic E-state index is 1.10. The van der Waals surface area contributed by atoms with Crippen LogP contribution in [-0.4, -0.2) is 25.3 Å². The predicted molar refractivity (Wildman–Crippen MR) is 40.6 cm³/mol. The quantitative estimate of drug-likeness (QED) is 0.560. The molecule has 2 N–H and O–H groups in total. The molecule has 0 aromatic heterocycles. The Labute approximate surface area is 62.1 Å². The molecular formula is C6H10O3S. The highest BCUT2D eigenvalue weighted by molar-refractivity contribution is 7.86. The van der Waals surface area contributed by atoms with E-state index < -0.39 is 21.7 Å². The Balaban J connectivity index is 4.06. The van der Waals surface area contributed by atoms with Crippen LogP contribution in [0.25, 0.3) is 0 Å². The molecule has 0 fully saturated rings. The first-order valence-electron chi connectivity index (χ1n) is 2.64. The van der Waals surface area contributed by atoms with Crippen LogP contribution in [0.15, 0.2) is 25.3 Å². The van der Waals surface area contributed by atoms with E-state index in [1.165, 1.54) is 0 Å². The van der Waals surface area contributed by atoms with Gasteiger partial charge in [0.25, 0.3) is 0 Å². The van der Waals surface area contributed by atoms with Crippen LogP contribution in [-0.2, 0) is 10.8 Å². The molecular weight excluding hydrogens is 152 g/mol. The van der Waals surface area contributed by atoms with Crippen molar-refractivity contribution in [1.29, 1.82) is 0 Å². The van der Waals surface area contributed by atoms with Crippen LogP contribution in [0.5, 0.6) is 0 Å². The molecule has 58 valence electrons. The molecule has 0 aliphatic heterocycles. The molecule has 0 aromatic rings. The number of hydrogen-bond donors (Lipinski definition) is 2. The third-order valence-electron chi connectivity index (χ3n) is 0.879. The molecule has 0 aliphatic carbocycles. The predicted octanol–water partition coefficient (Wildman–Crippen LogP) is -0.256. The summed E-state index contributed by atoms with van der Waals surface area (Å²) < 4.78 is 10.8. The molecule has 0 spiro atoms. The maximum Gasteiger partial charge on any atom is 0.150 e. The second-order valence-electron chi connectivity index (χ2n) is 1.58. The van der Waals surface area contributed by atoms with Crippen LogP contribution in [0.3, 0.4) is 0 Å². The number of aliphatic hydroxyl groups is 2. The monoisotopic (exact) mass is 162 g/mol. The Kier molecular flexibility index (Phi) is 4.18. The minimum atomic E-state index is -1.73. The first-order valence-corrected chi connectivity index (χ1v) is 3.91. The van der Waals surface area contributed by atoms with Crippen LogP contribution < -0.4 is 0 Å².